The summed E-state index contributed by atoms with van der Waals surface area (Å²) >= 11 is 16.7. The molecule has 0 radical (unpaired) electrons. The topological polar surface area (TPSA) is 37.8 Å². The van der Waals surface area contributed by atoms with Crippen LogP contribution < -0.4 is 5.32 Å². The Morgan fingerprint density at radius 1 is 1.06 bits per heavy atom. The van der Waals surface area contributed by atoms with E-state index in [1.807, 2.05) is 0 Å². The SMILES string of the molecule is Fc1cnc(Cl)nc1Nc1cc(Cl)c(F)c(Cl)c1. The summed E-state index contributed by atoms with van der Waals surface area (Å²) in [6.45, 7) is 0. The Morgan fingerprint density at radius 2 is 1.67 bits per heavy atom. The average molecular weight is 311 g/mol. The van der Waals surface area contributed by atoms with Crippen molar-refractivity contribution < 1.29 is 8.78 Å². The van der Waals surface area contributed by atoms with Crippen LogP contribution in [0.2, 0.25) is 15.3 Å². The quantitative estimate of drug-likeness (QED) is 0.657. The van der Waals surface area contributed by atoms with Gasteiger partial charge in [0, 0.05) is 5.69 Å². The monoisotopic (exact) mass is 309 g/mol. The molecule has 0 amide bonds. The number of anilines is 2. The lowest BCUT2D eigenvalue weighted by Crippen LogP contribution is -1.99. The van der Waals surface area contributed by atoms with Crippen molar-refractivity contribution in [1.29, 1.82) is 0 Å². The zero-order valence-corrected chi connectivity index (χ0v) is 10.8. The zero-order valence-electron chi connectivity index (χ0n) is 8.52. The summed E-state index contributed by atoms with van der Waals surface area (Å²) in [5, 5.41) is 2.07. The molecule has 3 nitrogen and oxygen atoms in total. The molecule has 0 bridgehead atoms. The van der Waals surface area contributed by atoms with Gasteiger partial charge in [-0.25, -0.2) is 13.8 Å². The molecular weight excluding hydrogens is 306 g/mol. The second-order valence-corrected chi connectivity index (χ2v) is 4.37. The van der Waals surface area contributed by atoms with Crippen LogP contribution in [0, 0.1) is 11.6 Å². The smallest absolute Gasteiger partial charge is 0.224 e. The number of aromatic nitrogens is 2. The van der Waals surface area contributed by atoms with Crippen molar-refractivity contribution in [2.45, 2.75) is 0 Å². The summed E-state index contributed by atoms with van der Waals surface area (Å²) in [5.41, 5.74) is 0.278. The van der Waals surface area contributed by atoms with Crippen molar-refractivity contribution in [3.63, 3.8) is 0 Å². The first-order valence-electron chi connectivity index (χ1n) is 4.57. The maximum atomic E-state index is 13.3. The van der Waals surface area contributed by atoms with E-state index in [4.69, 9.17) is 34.8 Å². The predicted molar refractivity (Wildman–Crippen MR) is 66.7 cm³/mol. The summed E-state index contributed by atoms with van der Waals surface area (Å²) < 4.78 is 26.5. The lowest BCUT2D eigenvalue weighted by Gasteiger charge is -2.08. The van der Waals surface area contributed by atoms with E-state index in [1.165, 1.54) is 12.1 Å². The maximum absolute atomic E-state index is 13.3. The van der Waals surface area contributed by atoms with E-state index in [0.717, 1.165) is 6.20 Å². The lowest BCUT2D eigenvalue weighted by atomic mass is 10.3. The number of hydrogen-bond donors (Lipinski definition) is 1. The van der Waals surface area contributed by atoms with Gasteiger partial charge in [-0.05, 0) is 23.7 Å². The zero-order chi connectivity index (χ0) is 13.3. The molecule has 2 aromatic rings. The lowest BCUT2D eigenvalue weighted by molar-refractivity contribution is 0.618. The van der Waals surface area contributed by atoms with Gasteiger partial charge in [0.05, 0.1) is 16.2 Å². The van der Waals surface area contributed by atoms with Crippen molar-refractivity contribution in [3.8, 4) is 0 Å². The molecule has 0 saturated carbocycles. The second kappa shape index (κ2) is 5.22. The fourth-order valence-corrected chi connectivity index (χ4v) is 1.82. The average Bonchev–Trinajstić information content (AvgIpc) is 2.31. The Hall–Kier alpha value is -1.17. The third kappa shape index (κ3) is 2.80. The van der Waals surface area contributed by atoms with Gasteiger partial charge >= 0.3 is 0 Å². The molecule has 1 aromatic heterocycles. The molecule has 1 N–H and O–H groups in total. The summed E-state index contributed by atoms with van der Waals surface area (Å²) in [6, 6.07) is 2.50. The van der Waals surface area contributed by atoms with Crippen LogP contribution in [0.1, 0.15) is 0 Å². The Labute approximate surface area is 116 Å². The summed E-state index contributed by atoms with van der Waals surface area (Å²) in [4.78, 5) is 7.10. The van der Waals surface area contributed by atoms with Gasteiger partial charge in [0.15, 0.2) is 17.5 Å². The maximum Gasteiger partial charge on any atom is 0.224 e. The summed E-state index contributed by atoms with van der Waals surface area (Å²) in [7, 11) is 0. The van der Waals surface area contributed by atoms with E-state index in [-0.39, 0.29) is 26.8 Å². The number of rotatable bonds is 2. The van der Waals surface area contributed by atoms with Gasteiger partial charge in [0.2, 0.25) is 5.28 Å². The van der Waals surface area contributed by atoms with Crippen molar-refractivity contribution in [2.24, 2.45) is 0 Å². The van der Waals surface area contributed by atoms with Crippen LogP contribution in [-0.4, -0.2) is 9.97 Å². The van der Waals surface area contributed by atoms with Gasteiger partial charge in [-0.1, -0.05) is 23.2 Å². The van der Waals surface area contributed by atoms with Gasteiger partial charge in [-0.15, -0.1) is 0 Å². The van der Waals surface area contributed by atoms with Gasteiger partial charge < -0.3 is 5.32 Å². The van der Waals surface area contributed by atoms with Gasteiger partial charge in [0.25, 0.3) is 0 Å². The van der Waals surface area contributed by atoms with Crippen molar-refractivity contribution in [3.05, 3.63) is 45.3 Å². The minimum absolute atomic E-state index is 0.127. The van der Waals surface area contributed by atoms with Crippen LogP contribution >= 0.6 is 34.8 Å². The molecule has 0 aliphatic carbocycles. The largest absolute Gasteiger partial charge is 0.338 e. The third-order valence-electron chi connectivity index (χ3n) is 1.96. The summed E-state index contributed by atoms with van der Waals surface area (Å²) in [6.07, 6.45) is 0.907. The molecule has 0 saturated heterocycles. The molecule has 94 valence electrons. The Morgan fingerprint density at radius 3 is 2.28 bits per heavy atom. The summed E-state index contributed by atoms with van der Waals surface area (Å²) in [5.74, 6) is -1.62. The fraction of sp³-hybridized carbons (Fsp3) is 0. The molecule has 2 rings (SSSR count). The third-order valence-corrected chi connectivity index (χ3v) is 2.69. The van der Waals surface area contributed by atoms with Gasteiger partial charge in [-0.3, -0.25) is 0 Å². The van der Waals surface area contributed by atoms with Crippen LogP contribution in [0.5, 0.6) is 0 Å². The first kappa shape index (κ1) is 13.3. The molecule has 0 unspecified atom stereocenters. The molecule has 0 spiro atoms. The number of nitrogens with one attached hydrogen (secondary N) is 1. The standard InChI is InChI=1S/C10H4Cl3F2N3/c11-5-1-4(2-6(12)8(5)15)17-9-7(14)3-16-10(13)18-9/h1-3H,(H,16,17,18). The highest BCUT2D eigenvalue weighted by atomic mass is 35.5. The van der Waals surface area contributed by atoms with Crippen LogP contribution in [0.15, 0.2) is 18.3 Å². The van der Waals surface area contributed by atoms with E-state index in [0.29, 0.717) is 0 Å². The van der Waals surface area contributed by atoms with E-state index < -0.39 is 11.6 Å². The minimum atomic E-state index is -0.745. The molecular formula is C10H4Cl3F2N3. The van der Waals surface area contributed by atoms with Crippen molar-refractivity contribution in [2.75, 3.05) is 5.32 Å². The van der Waals surface area contributed by atoms with Crippen LogP contribution in [-0.2, 0) is 0 Å². The molecule has 8 heteroatoms. The first-order valence-corrected chi connectivity index (χ1v) is 5.70. The van der Waals surface area contributed by atoms with Crippen molar-refractivity contribution in [1.82, 2.24) is 9.97 Å². The van der Waals surface area contributed by atoms with Crippen LogP contribution in [0.3, 0.4) is 0 Å². The minimum Gasteiger partial charge on any atom is -0.338 e. The first-order chi connectivity index (χ1) is 8.47. The number of hydrogen-bond acceptors (Lipinski definition) is 3. The number of nitrogens with zero attached hydrogens (tertiary/aromatic N) is 2. The molecule has 18 heavy (non-hydrogen) atoms. The highest BCUT2D eigenvalue weighted by Crippen LogP contribution is 2.29. The number of benzene rings is 1. The Balaban J connectivity index is 2.37. The van der Waals surface area contributed by atoms with Crippen LogP contribution in [0.4, 0.5) is 20.3 Å². The van der Waals surface area contributed by atoms with E-state index in [1.54, 1.807) is 0 Å². The highest BCUT2D eigenvalue weighted by molar-refractivity contribution is 6.35. The predicted octanol–water partition coefficient (Wildman–Crippen LogP) is 4.46. The van der Waals surface area contributed by atoms with Crippen molar-refractivity contribution >= 4 is 46.3 Å². The Kier molecular flexibility index (Phi) is 3.85. The van der Waals surface area contributed by atoms with E-state index >= 15 is 0 Å². The molecule has 0 aliphatic heterocycles. The molecule has 1 aromatic carbocycles. The van der Waals surface area contributed by atoms with E-state index in [2.05, 4.69) is 15.3 Å². The fourth-order valence-electron chi connectivity index (χ4n) is 1.20. The van der Waals surface area contributed by atoms with Crippen LogP contribution in [0.25, 0.3) is 0 Å². The molecule has 1 heterocycles. The molecule has 0 fully saturated rings. The number of halogens is 5. The second-order valence-electron chi connectivity index (χ2n) is 3.21. The normalized spacial score (nSPS) is 10.5. The van der Waals surface area contributed by atoms with E-state index in [9.17, 15) is 8.78 Å². The molecule has 0 atom stereocenters. The Bertz CT molecular complexity index is 584. The van der Waals surface area contributed by atoms with Gasteiger partial charge in [0.1, 0.15) is 0 Å². The molecule has 0 aliphatic rings. The highest BCUT2D eigenvalue weighted by Gasteiger charge is 2.10. The van der Waals surface area contributed by atoms with Gasteiger partial charge in [-0.2, -0.15) is 4.98 Å².